The van der Waals surface area contributed by atoms with E-state index in [0.29, 0.717) is 35.9 Å². The first-order valence-corrected chi connectivity index (χ1v) is 14.1. The van der Waals surface area contributed by atoms with Crippen LogP contribution in [0.2, 0.25) is 0 Å². The highest BCUT2D eigenvalue weighted by Crippen LogP contribution is 2.46. The maximum absolute atomic E-state index is 13.6. The van der Waals surface area contributed by atoms with Crippen molar-refractivity contribution in [3.8, 4) is 23.3 Å². The molecule has 0 bridgehead atoms. The minimum atomic E-state index is -4.02. The van der Waals surface area contributed by atoms with Gasteiger partial charge >= 0.3 is 0 Å². The van der Waals surface area contributed by atoms with Crippen LogP contribution in [0.4, 0.5) is 5.69 Å². The highest BCUT2D eigenvalue weighted by Gasteiger charge is 2.46. The van der Waals surface area contributed by atoms with Gasteiger partial charge in [0.2, 0.25) is 5.89 Å². The summed E-state index contributed by atoms with van der Waals surface area (Å²) in [6.07, 6.45) is 0.523. The molecule has 40 heavy (non-hydrogen) atoms. The molecule has 1 aromatic heterocycles. The number of benzene rings is 3. The van der Waals surface area contributed by atoms with Gasteiger partial charge in [0, 0.05) is 17.5 Å². The van der Waals surface area contributed by atoms with Crippen LogP contribution >= 0.6 is 0 Å². The molecule has 1 aliphatic heterocycles. The number of anilines is 1. The largest absolute Gasteiger partial charge is 0.493 e. The predicted octanol–water partition coefficient (Wildman–Crippen LogP) is 5.85. The molecule has 9 nitrogen and oxygen atoms in total. The summed E-state index contributed by atoms with van der Waals surface area (Å²) in [5.41, 5.74) is 2.18. The van der Waals surface area contributed by atoms with Crippen LogP contribution in [0.1, 0.15) is 30.0 Å². The van der Waals surface area contributed by atoms with Crippen molar-refractivity contribution in [3.05, 3.63) is 107 Å². The molecule has 0 radical (unpaired) electrons. The number of sulfonamides is 1. The van der Waals surface area contributed by atoms with E-state index in [9.17, 15) is 18.8 Å². The van der Waals surface area contributed by atoms with Gasteiger partial charge in [-0.3, -0.25) is 4.31 Å². The molecular formula is C30H27N3O6S. The second-order valence-electron chi connectivity index (χ2n) is 8.99. The second kappa shape index (κ2) is 11.2. The molecule has 1 aliphatic rings. The van der Waals surface area contributed by atoms with E-state index in [1.54, 1.807) is 49.4 Å². The van der Waals surface area contributed by atoms with Crippen LogP contribution in [0.25, 0.3) is 11.5 Å². The quantitative estimate of drug-likeness (QED) is 0.201. The first kappa shape index (κ1) is 26.8. The van der Waals surface area contributed by atoms with Crippen molar-refractivity contribution in [1.82, 2.24) is 4.98 Å². The maximum Gasteiger partial charge on any atom is 0.293 e. The normalized spacial score (nSPS) is 16.1. The Morgan fingerprint density at radius 2 is 1.77 bits per heavy atom. The number of aliphatic hydroxyl groups is 1. The van der Waals surface area contributed by atoms with Crippen LogP contribution in [0.15, 0.2) is 99.7 Å². The Kier molecular flexibility index (Phi) is 7.49. The molecule has 0 saturated heterocycles. The fourth-order valence-corrected chi connectivity index (χ4v) is 6.47. The van der Waals surface area contributed by atoms with Gasteiger partial charge in [-0.1, -0.05) is 36.4 Å². The highest BCUT2D eigenvalue weighted by atomic mass is 32.2. The number of aryl methyl sites for hydroxylation is 1. The minimum Gasteiger partial charge on any atom is -0.493 e. The first-order chi connectivity index (χ1) is 19.3. The zero-order valence-electron chi connectivity index (χ0n) is 21.9. The Morgan fingerprint density at radius 3 is 2.48 bits per heavy atom. The number of nitrogens with zero attached hydrogens (tertiary/aromatic N) is 3. The molecule has 5 rings (SSSR count). The Labute approximate surface area is 232 Å². The molecule has 4 aromatic rings. The maximum atomic E-state index is 13.6. The third-order valence-electron chi connectivity index (χ3n) is 6.50. The Morgan fingerprint density at radius 1 is 1.07 bits per heavy atom. The standard InChI is InChI=1S/C30H27N3O6S/c1-3-37-30(34)25(19-31)28-24-11-7-8-12-27(24)40(35,36)33(28)22-13-15-23(16-14-22)38-18-17-26-20(2)39-29(32-26)21-9-5-4-6-10-21/h4-16,28,34H,3,17-18H2,1-2H3/b30-25-. The third-order valence-corrected chi connectivity index (χ3v) is 8.37. The summed E-state index contributed by atoms with van der Waals surface area (Å²) in [4.78, 5) is 4.66. The number of ether oxygens (including phenoxy) is 2. The van der Waals surface area contributed by atoms with Gasteiger partial charge in [0.05, 0.1) is 29.5 Å². The average Bonchev–Trinajstić information content (AvgIpc) is 3.44. The van der Waals surface area contributed by atoms with Crippen LogP contribution in [0, 0.1) is 18.3 Å². The van der Waals surface area contributed by atoms with Gasteiger partial charge in [-0.25, -0.2) is 13.4 Å². The molecule has 1 N–H and O–H groups in total. The molecule has 3 aromatic carbocycles. The molecule has 0 saturated carbocycles. The van der Waals surface area contributed by atoms with E-state index >= 15 is 0 Å². The number of nitriles is 1. The Balaban J connectivity index is 1.36. The molecule has 0 amide bonds. The Bertz CT molecular complexity index is 1690. The molecule has 0 aliphatic carbocycles. The summed E-state index contributed by atoms with van der Waals surface area (Å²) < 4.78 is 45.2. The van der Waals surface area contributed by atoms with Crippen LogP contribution in [0.5, 0.6) is 5.75 Å². The summed E-state index contributed by atoms with van der Waals surface area (Å²) in [5.74, 6) is 1.21. The van der Waals surface area contributed by atoms with Crippen LogP contribution in [-0.4, -0.2) is 31.7 Å². The SMILES string of the molecule is CCO/C(O)=C(/C#N)C1c2ccccc2S(=O)(=O)N1c1ccc(OCCc2nc(-c3ccccc3)oc2C)cc1. The molecular weight excluding hydrogens is 530 g/mol. The molecule has 2 heterocycles. The molecule has 10 heteroatoms. The number of aliphatic hydroxyl groups excluding tert-OH is 1. The number of hydrogen-bond acceptors (Lipinski definition) is 8. The van der Waals surface area contributed by atoms with Crippen LogP contribution in [-0.2, 0) is 21.2 Å². The highest BCUT2D eigenvalue weighted by molar-refractivity contribution is 7.93. The number of hydrogen-bond donors (Lipinski definition) is 1. The van der Waals surface area contributed by atoms with Gasteiger partial charge in [-0.15, -0.1) is 0 Å². The molecule has 1 unspecified atom stereocenters. The fraction of sp³-hybridized carbons (Fsp3) is 0.200. The van der Waals surface area contributed by atoms with Gasteiger partial charge in [0.25, 0.3) is 16.0 Å². The van der Waals surface area contributed by atoms with E-state index in [4.69, 9.17) is 13.9 Å². The zero-order valence-corrected chi connectivity index (χ0v) is 22.8. The molecule has 204 valence electrons. The summed E-state index contributed by atoms with van der Waals surface area (Å²) in [7, 11) is -4.02. The van der Waals surface area contributed by atoms with Gasteiger partial charge in [0.1, 0.15) is 29.2 Å². The summed E-state index contributed by atoms with van der Waals surface area (Å²) in [5, 5.41) is 20.3. The van der Waals surface area contributed by atoms with Crippen molar-refractivity contribution < 1.29 is 27.4 Å². The van der Waals surface area contributed by atoms with E-state index in [-0.39, 0.29) is 17.1 Å². The predicted molar refractivity (Wildman–Crippen MR) is 148 cm³/mol. The topological polar surface area (TPSA) is 126 Å². The van der Waals surface area contributed by atoms with Crippen molar-refractivity contribution in [2.24, 2.45) is 0 Å². The summed E-state index contributed by atoms with van der Waals surface area (Å²) >= 11 is 0. The van der Waals surface area contributed by atoms with E-state index in [1.807, 2.05) is 43.3 Å². The van der Waals surface area contributed by atoms with Gasteiger partial charge < -0.3 is 19.0 Å². The van der Waals surface area contributed by atoms with Crippen LogP contribution in [0.3, 0.4) is 0 Å². The van der Waals surface area contributed by atoms with Crippen molar-refractivity contribution in [2.75, 3.05) is 17.5 Å². The smallest absolute Gasteiger partial charge is 0.293 e. The molecule has 1 atom stereocenters. The van der Waals surface area contributed by atoms with Crippen LogP contribution < -0.4 is 9.04 Å². The van der Waals surface area contributed by atoms with Crippen molar-refractivity contribution in [3.63, 3.8) is 0 Å². The summed E-state index contributed by atoms with van der Waals surface area (Å²) in [6.45, 7) is 3.97. The van der Waals surface area contributed by atoms with E-state index in [2.05, 4.69) is 4.98 Å². The lowest BCUT2D eigenvalue weighted by Gasteiger charge is -2.25. The number of fused-ring (bicyclic) bond motifs is 1. The third kappa shape index (κ3) is 4.99. The number of aromatic nitrogens is 1. The van der Waals surface area contributed by atoms with E-state index < -0.39 is 22.0 Å². The fourth-order valence-electron chi connectivity index (χ4n) is 4.63. The van der Waals surface area contributed by atoms with Gasteiger partial charge in [-0.05, 0) is 56.3 Å². The molecule has 0 fully saturated rings. The lowest BCUT2D eigenvalue weighted by molar-refractivity contribution is 0.0977. The lowest BCUT2D eigenvalue weighted by atomic mass is 9.99. The lowest BCUT2D eigenvalue weighted by Crippen LogP contribution is -2.29. The molecule has 0 spiro atoms. The van der Waals surface area contributed by atoms with Gasteiger partial charge in [-0.2, -0.15) is 5.26 Å². The zero-order chi connectivity index (χ0) is 28.3. The van der Waals surface area contributed by atoms with E-state index in [1.165, 1.54) is 6.07 Å². The van der Waals surface area contributed by atoms with Crippen molar-refractivity contribution >= 4 is 15.7 Å². The Hall–Kier alpha value is -4.75. The minimum absolute atomic E-state index is 0.0650. The first-order valence-electron chi connectivity index (χ1n) is 12.7. The van der Waals surface area contributed by atoms with Crippen molar-refractivity contribution in [1.29, 1.82) is 5.26 Å². The number of oxazole rings is 1. The van der Waals surface area contributed by atoms with E-state index in [0.717, 1.165) is 21.3 Å². The second-order valence-corrected chi connectivity index (χ2v) is 10.8. The average molecular weight is 558 g/mol. The van der Waals surface area contributed by atoms with Gasteiger partial charge in [0.15, 0.2) is 0 Å². The monoisotopic (exact) mass is 557 g/mol. The summed E-state index contributed by atoms with van der Waals surface area (Å²) in [6, 6.07) is 23.5. The van der Waals surface area contributed by atoms with Crippen molar-refractivity contribution in [2.45, 2.75) is 31.2 Å². The number of rotatable bonds is 9.